The molecule has 14 heavy (non-hydrogen) atoms. The van der Waals surface area contributed by atoms with Gasteiger partial charge in [0.25, 0.3) is 0 Å². The number of hydrogen-bond donors (Lipinski definition) is 3. The molecule has 1 fully saturated rings. The highest BCUT2D eigenvalue weighted by Crippen LogP contribution is 2.26. The summed E-state index contributed by atoms with van der Waals surface area (Å²) in [6.45, 7) is 6.07. The van der Waals surface area contributed by atoms with E-state index in [1.807, 2.05) is 0 Å². The van der Waals surface area contributed by atoms with E-state index in [0.29, 0.717) is 12.5 Å². The van der Waals surface area contributed by atoms with E-state index < -0.39 is 6.09 Å². The highest BCUT2D eigenvalue weighted by atomic mass is 16.4. The van der Waals surface area contributed by atoms with Crippen molar-refractivity contribution in [3.05, 3.63) is 0 Å². The summed E-state index contributed by atoms with van der Waals surface area (Å²) in [7, 11) is 0. The third-order valence-corrected chi connectivity index (χ3v) is 2.73. The molecule has 0 aliphatic carbocycles. The van der Waals surface area contributed by atoms with E-state index >= 15 is 0 Å². The van der Waals surface area contributed by atoms with Crippen molar-refractivity contribution in [3.63, 3.8) is 0 Å². The first-order chi connectivity index (χ1) is 6.49. The lowest BCUT2D eigenvalue weighted by molar-refractivity contribution is 0.194. The molecule has 0 aromatic rings. The Morgan fingerprint density at radius 1 is 1.64 bits per heavy atom. The molecule has 1 saturated heterocycles. The molecule has 1 atom stereocenters. The molecule has 4 heteroatoms. The molecule has 1 aliphatic rings. The van der Waals surface area contributed by atoms with E-state index in [0.717, 1.165) is 19.4 Å². The summed E-state index contributed by atoms with van der Waals surface area (Å²) in [6.07, 6.45) is 2.32. The average molecular weight is 200 g/mol. The molecule has 0 aromatic carbocycles. The van der Waals surface area contributed by atoms with Crippen LogP contribution in [0, 0.1) is 5.92 Å². The van der Waals surface area contributed by atoms with Gasteiger partial charge in [0.1, 0.15) is 0 Å². The van der Waals surface area contributed by atoms with Gasteiger partial charge in [-0.05, 0) is 45.6 Å². The molecule has 82 valence electrons. The molecule has 1 heterocycles. The standard InChI is InChI=1S/C10H20N2O2/c1-10(2)6-8(7-12-10)4-3-5-11-9(13)14/h8,11-12H,3-7H2,1-2H3,(H,13,14)/t8-/m0/s1. The van der Waals surface area contributed by atoms with Crippen molar-refractivity contribution in [2.75, 3.05) is 13.1 Å². The van der Waals surface area contributed by atoms with Crippen LogP contribution >= 0.6 is 0 Å². The zero-order valence-corrected chi connectivity index (χ0v) is 8.97. The monoisotopic (exact) mass is 200 g/mol. The van der Waals surface area contributed by atoms with Crippen molar-refractivity contribution in [2.45, 2.75) is 38.6 Å². The minimum atomic E-state index is -0.921. The molecular weight excluding hydrogens is 180 g/mol. The van der Waals surface area contributed by atoms with E-state index in [4.69, 9.17) is 5.11 Å². The largest absolute Gasteiger partial charge is 0.465 e. The van der Waals surface area contributed by atoms with Crippen LogP contribution < -0.4 is 10.6 Å². The number of rotatable bonds is 4. The lowest BCUT2D eigenvalue weighted by Gasteiger charge is -2.17. The first-order valence-corrected chi connectivity index (χ1v) is 5.21. The van der Waals surface area contributed by atoms with E-state index in [2.05, 4.69) is 24.5 Å². The lowest BCUT2D eigenvalue weighted by atomic mass is 9.94. The topological polar surface area (TPSA) is 61.4 Å². The third kappa shape index (κ3) is 3.96. The van der Waals surface area contributed by atoms with Crippen LogP contribution in [0.15, 0.2) is 0 Å². The Kier molecular flexibility index (Phi) is 3.75. The summed E-state index contributed by atoms with van der Waals surface area (Å²) in [4.78, 5) is 10.2. The van der Waals surface area contributed by atoms with Gasteiger partial charge in [-0.15, -0.1) is 0 Å². The summed E-state index contributed by atoms with van der Waals surface area (Å²) in [5, 5.41) is 14.2. The number of carbonyl (C=O) groups is 1. The fraction of sp³-hybridized carbons (Fsp3) is 0.900. The van der Waals surface area contributed by atoms with Crippen molar-refractivity contribution < 1.29 is 9.90 Å². The van der Waals surface area contributed by atoms with E-state index in [-0.39, 0.29) is 5.54 Å². The van der Waals surface area contributed by atoms with E-state index in [1.165, 1.54) is 6.42 Å². The van der Waals surface area contributed by atoms with Gasteiger partial charge in [0, 0.05) is 12.1 Å². The molecule has 0 unspecified atom stereocenters. The number of amides is 1. The van der Waals surface area contributed by atoms with Gasteiger partial charge in [0.15, 0.2) is 0 Å². The van der Waals surface area contributed by atoms with Gasteiger partial charge < -0.3 is 15.7 Å². The predicted octanol–water partition coefficient (Wildman–Crippen LogP) is 1.42. The Balaban J connectivity index is 2.06. The Labute approximate surface area is 85.1 Å². The number of carboxylic acid groups (broad SMARTS) is 1. The number of nitrogens with one attached hydrogen (secondary N) is 2. The molecule has 0 spiro atoms. The molecular formula is C10H20N2O2. The van der Waals surface area contributed by atoms with Gasteiger partial charge in [-0.2, -0.15) is 0 Å². The maximum absolute atomic E-state index is 10.2. The van der Waals surface area contributed by atoms with E-state index in [9.17, 15) is 4.79 Å². The van der Waals surface area contributed by atoms with Crippen LogP contribution in [0.3, 0.4) is 0 Å². The van der Waals surface area contributed by atoms with Gasteiger partial charge in [0.05, 0.1) is 0 Å². The molecule has 0 bridgehead atoms. The van der Waals surface area contributed by atoms with Crippen LogP contribution in [0.4, 0.5) is 4.79 Å². The first kappa shape index (κ1) is 11.3. The van der Waals surface area contributed by atoms with Crippen molar-refractivity contribution in [1.82, 2.24) is 10.6 Å². The van der Waals surface area contributed by atoms with Crippen LogP contribution in [-0.4, -0.2) is 29.8 Å². The molecule has 1 amide bonds. The van der Waals surface area contributed by atoms with Crippen molar-refractivity contribution in [1.29, 1.82) is 0 Å². The van der Waals surface area contributed by atoms with Gasteiger partial charge >= 0.3 is 6.09 Å². The normalized spacial score (nSPS) is 24.9. The maximum atomic E-state index is 10.2. The quantitative estimate of drug-likeness (QED) is 0.601. The van der Waals surface area contributed by atoms with Gasteiger partial charge in [-0.3, -0.25) is 0 Å². The second kappa shape index (κ2) is 4.64. The summed E-state index contributed by atoms with van der Waals surface area (Å²) >= 11 is 0. The molecule has 3 N–H and O–H groups in total. The number of hydrogen-bond acceptors (Lipinski definition) is 2. The minimum Gasteiger partial charge on any atom is -0.465 e. The smallest absolute Gasteiger partial charge is 0.404 e. The highest BCUT2D eigenvalue weighted by Gasteiger charge is 2.29. The maximum Gasteiger partial charge on any atom is 0.404 e. The molecule has 1 rings (SSSR count). The lowest BCUT2D eigenvalue weighted by Crippen LogP contribution is -2.31. The Bertz CT molecular complexity index is 204. The fourth-order valence-corrected chi connectivity index (χ4v) is 2.08. The molecule has 4 nitrogen and oxygen atoms in total. The molecule has 0 radical (unpaired) electrons. The van der Waals surface area contributed by atoms with Crippen LogP contribution in [0.1, 0.15) is 33.1 Å². The summed E-state index contributed by atoms with van der Waals surface area (Å²) < 4.78 is 0. The van der Waals surface area contributed by atoms with Crippen LogP contribution in [0.2, 0.25) is 0 Å². The van der Waals surface area contributed by atoms with Crippen LogP contribution in [0.25, 0.3) is 0 Å². The summed E-state index contributed by atoms with van der Waals surface area (Å²) in [6, 6.07) is 0. The Morgan fingerprint density at radius 3 is 2.86 bits per heavy atom. The van der Waals surface area contributed by atoms with Crippen molar-refractivity contribution >= 4 is 6.09 Å². The highest BCUT2D eigenvalue weighted by molar-refractivity contribution is 5.64. The van der Waals surface area contributed by atoms with Gasteiger partial charge in [0.2, 0.25) is 0 Å². The van der Waals surface area contributed by atoms with Crippen LogP contribution in [-0.2, 0) is 0 Å². The van der Waals surface area contributed by atoms with Crippen LogP contribution in [0.5, 0.6) is 0 Å². The third-order valence-electron chi connectivity index (χ3n) is 2.73. The summed E-state index contributed by atoms with van der Waals surface area (Å²) in [5.74, 6) is 0.709. The molecule has 0 saturated carbocycles. The average Bonchev–Trinajstić information content (AvgIpc) is 2.39. The molecule has 0 aromatic heterocycles. The van der Waals surface area contributed by atoms with Gasteiger partial charge in [-0.1, -0.05) is 0 Å². The molecule has 1 aliphatic heterocycles. The SMILES string of the molecule is CC1(C)C[C@H](CCCNC(=O)O)CN1. The fourth-order valence-electron chi connectivity index (χ4n) is 2.08. The van der Waals surface area contributed by atoms with Crippen molar-refractivity contribution in [2.24, 2.45) is 5.92 Å². The first-order valence-electron chi connectivity index (χ1n) is 5.21. The zero-order chi connectivity index (χ0) is 10.6. The zero-order valence-electron chi connectivity index (χ0n) is 8.97. The second-order valence-corrected chi connectivity index (χ2v) is 4.71. The Morgan fingerprint density at radius 2 is 2.36 bits per heavy atom. The Hall–Kier alpha value is -0.770. The van der Waals surface area contributed by atoms with E-state index in [1.54, 1.807) is 0 Å². The minimum absolute atomic E-state index is 0.269. The summed E-state index contributed by atoms with van der Waals surface area (Å²) in [5.41, 5.74) is 0.269. The van der Waals surface area contributed by atoms with Crippen molar-refractivity contribution in [3.8, 4) is 0 Å². The predicted molar refractivity (Wildman–Crippen MR) is 55.5 cm³/mol. The van der Waals surface area contributed by atoms with Gasteiger partial charge in [-0.25, -0.2) is 4.79 Å². The second-order valence-electron chi connectivity index (χ2n) is 4.71.